The molecule has 0 heterocycles. The largest absolute Gasteiger partial charge is 0.508 e. The lowest BCUT2D eigenvalue weighted by Gasteiger charge is -2.04. The van der Waals surface area contributed by atoms with Crippen LogP contribution in [0.25, 0.3) is 0 Å². The lowest BCUT2D eigenvalue weighted by molar-refractivity contribution is 0.0622. The molecule has 0 spiro atoms. The van der Waals surface area contributed by atoms with Crippen LogP contribution in [0, 0.1) is 0 Å². The minimum atomic E-state index is -0.572. The number of carbonyl (C=O) groups is 1. The van der Waals surface area contributed by atoms with Crippen molar-refractivity contribution in [3.8, 4) is 0 Å². The lowest BCUT2D eigenvalue weighted by Crippen LogP contribution is -2.08. The van der Waals surface area contributed by atoms with Gasteiger partial charge in [0.1, 0.15) is 6.61 Å². The fraction of sp³-hybridized carbons (Fsp3) is 0.667. The first-order valence-electron chi connectivity index (χ1n) is 6.64. The average Bonchev–Trinajstić information content (AvgIpc) is 2.29. The van der Waals surface area contributed by atoms with Gasteiger partial charge in [0.15, 0.2) is 0 Å². The predicted octanol–water partition coefficient (Wildman–Crippen LogP) is 4.63. The summed E-state index contributed by atoms with van der Waals surface area (Å²) in [4.78, 5) is 11.1. The van der Waals surface area contributed by atoms with Gasteiger partial charge in [-0.1, -0.05) is 30.6 Å². The van der Waals surface area contributed by atoms with Crippen LogP contribution in [0.1, 0.15) is 53.4 Å². The number of hydrogen-bond donors (Lipinski definition) is 0. The number of allylic oxidation sites excluding steroid dienone is 3. The molecule has 0 bridgehead atoms. The third kappa shape index (κ3) is 11.2. The van der Waals surface area contributed by atoms with Crippen molar-refractivity contribution >= 4 is 6.16 Å². The Morgan fingerprint density at radius 2 is 1.83 bits per heavy atom. The van der Waals surface area contributed by atoms with E-state index in [0.29, 0.717) is 13.2 Å². The number of carbonyl (C=O) groups excluding carboxylic acids is 1. The molecule has 3 nitrogen and oxygen atoms in total. The van der Waals surface area contributed by atoms with Crippen molar-refractivity contribution in [3.05, 3.63) is 23.3 Å². The van der Waals surface area contributed by atoms with Gasteiger partial charge < -0.3 is 9.47 Å². The zero-order valence-corrected chi connectivity index (χ0v) is 12.1. The van der Waals surface area contributed by atoms with Crippen molar-refractivity contribution < 1.29 is 14.3 Å². The molecule has 0 N–H and O–H groups in total. The average molecular weight is 254 g/mol. The molecule has 0 aromatic rings. The second-order valence-corrected chi connectivity index (χ2v) is 4.63. The van der Waals surface area contributed by atoms with Crippen LogP contribution >= 0.6 is 0 Å². The standard InChI is InChI=1S/C15H26O3/c1-5-6-11-17-15(16)18-12-10-14(4)9-7-8-13(2)3/h8,10H,5-7,9,11-12H2,1-4H3. The molecule has 0 amide bonds. The highest BCUT2D eigenvalue weighted by Crippen LogP contribution is 2.06. The van der Waals surface area contributed by atoms with E-state index in [1.165, 1.54) is 11.1 Å². The van der Waals surface area contributed by atoms with Gasteiger partial charge in [-0.15, -0.1) is 0 Å². The molecule has 0 saturated carbocycles. The Kier molecular flexibility index (Phi) is 10.1. The van der Waals surface area contributed by atoms with Gasteiger partial charge in [0.25, 0.3) is 0 Å². The van der Waals surface area contributed by atoms with Gasteiger partial charge in [-0.2, -0.15) is 0 Å². The van der Waals surface area contributed by atoms with Crippen molar-refractivity contribution in [2.45, 2.75) is 53.4 Å². The number of hydrogen-bond acceptors (Lipinski definition) is 3. The Hall–Kier alpha value is -1.25. The summed E-state index contributed by atoms with van der Waals surface area (Å²) in [7, 11) is 0. The van der Waals surface area contributed by atoms with E-state index in [1.54, 1.807) is 0 Å². The van der Waals surface area contributed by atoms with E-state index < -0.39 is 6.16 Å². The van der Waals surface area contributed by atoms with Crippen molar-refractivity contribution in [1.82, 2.24) is 0 Å². The highest BCUT2D eigenvalue weighted by atomic mass is 16.7. The maximum atomic E-state index is 11.1. The first-order valence-corrected chi connectivity index (χ1v) is 6.64. The second kappa shape index (κ2) is 10.9. The van der Waals surface area contributed by atoms with Gasteiger partial charge in [-0.25, -0.2) is 4.79 Å². The van der Waals surface area contributed by atoms with E-state index >= 15 is 0 Å². The first kappa shape index (κ1) is 16.8. The molecule has 0 aliphatic heterocycles. The number of ether oxygens (including phenoxy) is 2. The monoisotopic (exact) mass is 254 g/mol. The van der Waals surface area contributed by atoms with E-state index in [0.717, 1.165) is 25.7 Å². The van der Waals surface area contributed by atoms with Crippen LogP contribution in [0.4, 0.5) is 4.79 Å². The van der Waals surface area contributed by atoms with Crippen molar-refractivity contribution in [1.29, 1.82) is 0 Å². The van der Waals surface area contributed by atoms with Crippen LogP contribution in [0.5, 0.6) is 0 Å². The third-order valence-electron chi connectivity index (χ3n) is 2.44. The summed E-state index contributed by atoms with van der Waals surface area (Å²) >= 11 is 0. The topological polar surface area (TPSA) is 35.5 Å². The molecular formula is C15H26O3. The number of rotatable bonds is 8. The molecule has 0 fully saturated rings. The highest BCUT2D eigenvalue weighted by molar-refractivity contribution is 5.59. The molecule has 0 aliphatic carbocycles. The zero-order chi connectivity index (χ0) is 13.8. The van der Waals surface area contributed by atoms with E-state index in [9.17, 15) is 4.79 Å². The molecule has 0 aromatic heterocycles. The minimum absolute atomic E-state index is 0.297. The maximum absolute atomic E-state index is 11.1. The normalized spacial score (nSPS) is 11.0. The molecule has 18 heavy (non-hydrogen) atoms. The fourth-order valence-corrected chi connectivity index (χ4v) is 1.28. The summed E-state index contributed by atoms with van der Waals surface area (Å²) < 4.78 is 9.81. The van der Waals surface area contributed by atoms with Gasteiger partial charge in [0, 0.05) is 0 Å². The molecule has 0 radical (unpaired) electrons. The molecule has 104 valence electrons. The molecule has 0 unspecified atom stereocenters. The molecule has 0 saturated heterocycles. The van der Waals surface area contributed by atoms with Gasteiger partial charge in [-0.3, -0.25) is 0 Å². The smallest absolute Gasteiger partial charge is 0.434 e. The van der Waals surface area contributed by atoms with Crippen LogP contribution < -0.4 is 0 Å². The third-order valence-corrected chi connectivity index (χ3v) is 2.44. The molecule has 3 heteroatoms. The summed E-state index contributed by atoms with van der Waals surface area (Å²) in [6.07, 6.45) is 7.49. The minimum Gasteiger partial charge on any atom is -0.434 e. The lowest BCUT2D eigenvalue weighted by atomic mass is 10.1. The van der Waals surface area contributed by atoms with E-state index in [2.05, 4.69) is 19.9 Å². The zero-order valence-electron chi connectivity index (χ0n) is 12.1. The van der Waals surface area contributed by atoms with E-state index in [-0.39, 0.29) is 0 Å². The van der Waals surface area contributed by atoms with Crippen LogP contribution in [0.3, 0.4) is 0 Å². The highest BCUT2D eigenvalue weighted by Gasteiger charge is 2.01. The molecular weight excluding hydrogens is 228 g/mol. The fourth-order valence-electron chi connectivity index (χ4n) is 1.28. The van der Waals surface area contributed by atoms with Crippen molar-refractivity contribution in [2.24, 2.45) is 0 Å². The van der Waals surface area contributed by atoms with Gasteiger partial charge in [0.05, 0.1) is 6.61 Å². The van der Waals surface area contributed by atoms with Crippen LogP contribution in [-0.2, 0) is 9.47 Å². The van der Waals surface area contributed by atoms with Gasteiger partial charge in [-0.05, 0) is 46.1 Å². The summed E-state index contributed by atoms with van der Waals surface area (Å²) in [5.74, 6) is 0. The van der Waals surface area contributed by atoms with Crippen LogP contribution in [0.15, 0.2) is 23.3 Å². The molecule has 0 rings (SSSR count). The first-order chi connectivity index (χ1) is 8.56. The Morgan fingerprint density at radius 3 is 2.44 bits per heavy atom. The Bertz CT molecular complexity index is 286. The Labute approximate surface area is 111 Å². The second-order valence-electron chi connectivity index (χ2n) is 4.63. The summed E-state index contributed by atoms with van der Waals surface area (Å²) in [6, 6.07) is 0. The molecule has 0 aromatic carbocycles. The van der Waals surface area contributed by atoms with Crippen LogP contribution in [-0.4, -0.2) is 19.4 Å². The van der Waals surface area contributed by atoms with E-state index in [1.807, 2.05) is 19.9 Å². The summed E-state index contributed by atoms with van der Waals surface area (Å²) in [6.45, 7) is 9.02. The van der Waals surface area contributed by atoms with E-state index in [4.69, 9.17) is 9.47 Å². The van der Waals surface area contributed by atoms with Gasteiger partial charge >= 0.3 is 6.16 Å². The van der Waals surface area contributed by atoms with Crippen molar-refractivity contribution in [3.63, 3.8) is 0 Å². The summed E-state index contributed by atoms with van der Waals surface area (Å²) in [5, 5.41) is 0. The van der Waals surface area contributed by atoms with Gasteiger partial charge in [0.2, 0.25) is 0 Å². The molecule has 0 atom stereocenters. The Balaban J connectivity index is 3.66. The van der Waals surface area contributed by atoms with Crippen LogP contribution in [0.2, 0.25) is 0 Å². The maximum Gasteiger partial charge on any atom is 0.508 e. The predicted molar refractivity (Wildman–Crippen MR) is 74.6 cm³/mol. The number of unbranched alkanes of at least 4 members (excludes halogenated alkanes) is 1. The van der Waals surface area contributed by atoms with Crippen molar-refractivity contribution in [2.75, 3.05) is 13.2 Å². The SMILES string of the molecule is CCCCOC(=O)OCC=C(C)CCC=C(C)C. The molecule has 0 aliphatic rings. The quantitative estimate of drug-likeness (QED) is 0.360. The Morgan fingerprint density at radius 1 is 1.11 bits per heavy atom. The summed E-state index contributed by atoms with van der Waals surface area (Å²) in [5.41, 5.74) is 2.56.